The fraction of sp³-hybridized carbons (Fsp3) is 0.979. The average Bonchev–Trinajstić information content (AvgIpc) is 3.08. The highest BCUT2D eigenvalue weighted by molar-refractivity contribution is 5.69. The molecule has 304 valence electrons. The number of hydrogen-bond donors (Lipinski definition) is 0. The Kier molecular flexibility index (Phi) is 31.1. The summed E-state index contributed by atoms with van der Waals surface area (Å²) in [5.74, 6) is -0.0164. The molecule has 51 heavy (non-hydrogen) atoms. The normalized spacial score (nSPS) is 16.2. The van der Waals surface area contributed by atoms with Crippen molar-refractivity contribution >= 4 is 5.97 Å². The zero-order valence-electron chi connectivity index (χ0n) is 35.9. The van der Waals surface area contributed by atoms with E-state index >= 15 is 0 Å². The molecule has 0 atom stereocenters. The van der Waals surface area contributed by atoms with Crippen LogP contribution in [0.25, 0.3) is 0 Å². The fourth-order valence-electron chi connectivity index (χ4n) is 8.81. The van der Waals surface area contributed by atoms with Crippen LogP contribution in [-0.4, -0.2) is 47.8 Å². The van der Waals surface area contributed by atoms with Crippen LogP contribution in [0.2, 0.25) is 0 Å². The molecule has 0 spiro atoms. The molecule has 1 rings (SSSR count). The minimum atomic E-state index is -0.0164. The van der Waals surface area contributed by atoms with E-state index in [1.165, 1.54) is 186 Å². The first-order valence-electron chi connectivity index (χ1n) is 23.3. The number of unbranched alkanes of at least 4 members (excludes halogenated alkanes) is 29. The van der Waals surface area contributed by atoms with Gasteiger partial charge in [0.25, 0.3) is 0 Å². The van der Waals surface area contributed by atoms with Crippen molar-refractivity contribution in [2.75, 3.05) is 19.8 Å². The Bertz CT molecular complexity index is 747. The summed E-state index contributed by atoms with van der Waals surface area (Å²) in [4.78, 5) is 15.0. The summed E-state index contributed by atoms with van der Waals surface area (Å²) in [7, 11) is 0. The van der Waals surface area contributed by atoms with Gasteiger partial charge in [0.05, 0.1) is 6.10 Å². The van der Waals surface area contributed by atoms with Gasteiger partial charge >= 0.3 is 5.97 Å². The summed E-state index contributed by atoms with van der Waals surface area (Å²) in [6.07, 6.45) is 45.6. The molecule has 1 aliphatic heterocycles. The Labute approximate surface area is 321 Å². The van der Waals surface area contributed by atoms with Crippen molar-refractivity contribution in [3.05, 3.63) is 0 Å². The zero-order chi connectivity index (χ0) is 37.3. The van der Waals surface area contributed by atoms with E-state index in [0.717, 1.165) is 38.8 Å². The highest BCUT2D eigenvalue weighted by Crippen LogP contribution is 2.39. The van der Waals surface area contributed by atoms with Gasteiger partial charge < -0.3 is 9.47 Å². The first-order valence-corrected chi connectivity index (χ1v) is 23.3. The van der Waals surface area contributed by atoms with Crippen LogP contribution in [0.3, 0.4) is 0 Å². The standard InChI is InChI=1S/C47H93NO3/c1-7-9-11-13-15-17-19-21-23-25-27-29-31-33-35-37-40-50-44-42-46(3,4)48(47(5,6)43-44)39-41-51-45(49)38-36-34-32-30-28-26-24-22-20-18-16-14-12-10-8-2/h44H,7-43H2,1-6H3. The molecule has 1 heterocycles. The Morgan fingerprint density at radius 1 is 0.471 bits per heavy atom. The molecule has 1 saturated heterocycles. The topological polar surface area (TPSA) is 38.8 Å². The van der Waals surface area contributed by atoms with Crippen LogP contribution in [-0.2, 0) is 14.3 Å². The lowest BCUT2D eigenvalue weighted by molar-refractivity contribution is -0.148. The molecule has 0 aromatic carbocycles. The maximum absolute atomic E-state index is 12.5. The van der Waals surface area contributed by atoms with Gasteiger partial charge in [-0.2, -0.15) is 0 Å². The summed E-state index contributed by atoms with van der Waals surface area (Å²) < 4.78 is 12.2. The summed E-state index contributed by atoms with van der Waals surface area (Å²) in [6, 6.07) is 0. The first-order chi connectivity index (χ1) is 24.7. The van der Waals surface area contributed by atoms with Gasteiger partial charge in [-0.05, 0) is 53.4 Å². The van der Waals surface area contributed by atoms with E-state index in [1.54, 1.807) is 0 Å². The largest absolute Gasteiger partial charge is 0.464 e. The van der Waals surface area contributed by atoms with Gasteiger partial charge in [-0.25, -0.2) is 0 Å². The van der Waals surface area contributed by atoms with Gasteiger partial charge in [0, 0.05) is 30.7 Å². The molecule has 0 saturated carbocycles. The van der Waals surface area contributed by atoms with Crippen molar-refractivity contribution < 1.29 is 14.3 Å². The van der Waals surface area contributed by atoms with E-state index in [-0.39, 0.29) is 17.0 Å². The van der Waals surface area contributed by atoms with Crippen LogP contribution < -0.4 is 0 Å². The van der Waals surface area contributed by atoms with Gasteiger partial charge in [0.2, 0.25) is 0 Å². The number of likely N-dealkylation sites (tertiary alicyclic amines) is 1. The van der Waals surface area contributed by atoms with Crippen molar-refractivity contribution in [1.82, 2.24) is 4.90 Å². The molecule has 0 amide bonds. The molecule has 1 aliphatic rings. The van der Waals surface area contributed by atoms with Gasteiger partial charge in [-0.15, -0.1) is 0 Å². The zero-order valence-corrected chi connectivity index (χ0v) is 35.9. The number of nitrogens with zero attached hydrogens (tertiary/aromatic N) is 1. The van der Waals surface area contributed by atoms with E-state index < -0.39 is 0 Å². The average molecular weight is 720 g/mol. The molecule has 0 bridgehead atoms. The lowest BCUT2D eigenvalue weighted by Gasteiger charge is -2.55. The van der Waals surface area contributed by atoms with Gasteiger partial charge in [0.15, 0.2) is 0 Å². The molecule has 0 N–H and O–H groups in total. The molecular formula is C47H93NO3. The third-order valence-electron chi connectivity index (χ3n) is 11.8. The third-order valence-corrected chi connectivity index (χ3v) is 11.8. The summed E-state index contributed by atoms with van der Waals surface area (Å²) in [5, 5.41) is 0. The maximum atomic E-state index is 12.5. The van der Waals surface area contributed by atoms with E-state index in [1.807, 2.05) is 0 Å². The fourth-order valence-corrected chi connectivity index (χ4v) is 8.81. The number of esters is 1. The Morgan fingerprint density at radius 3 is 1.14 bits per heavy atom. The van der Waals surface area contributed by atoms with Gasteiger partial charge in [0.1, 0.15) is 6.61 Å². The van der Waals surface area contributed by atoms with E-state index in [9.17, 15) is 4.79 Å². The molecular weight excluding hydrogens is 627 g/mol. The minimum absolute atomic E-state index is 0.0164. The number of carbonyl (C=O) groups excluding carboxylic acids is 1. The van der Waals surface area contributed by atoms with Crippen molar-refractivity contribution in [1.29, 1.82) is 0 Å². The van der Waals surface area contributed by atoms with Crippen LogP contribution in [0, 0.1) is 0 Å². The summed E-state index contributed by atoms with van der Waals surface area (Å²) >= 11 is 0. The smallest absolute Gasteiger partial charge is 0.305 e. The molecule has 0 unspecified atom stereocenters. The molecule has 1 fully saturated rings. The van der Waals surface area contributed by atoms with Crippen LogP contribution in [0.4, 0.5) is 0 Å². The predicted octanol–water partition coefficient (Wildman–Crippen LogP) is 15.1. The Balaban J connectivity index is 2.01. The second-order valence-electron chi connectivity index (χ2n) is 17.9. The van der Waals surface area contributed by atoms with Crippen molar-refractivity contribution in [3.8, 4) is 0 Å². The molecule has 4 heteroatoms. The molecule has 0 radical (unpaired) electrons. The van der Waals surface area contributed by atoms with Gasteiger partial charge in [-0.1, -0.05) is 200 Å². The molecule has 4 nitrogen and oxygen atoms in total. The molecule has 0 aromatic rings. The van der Waals surface area contributed by atoms with Crippen LogP contribution in [0.5, 0.6) is 0 Å². The number of rotatable bonds is 37. The van der Waals surface area contributed by atoms with Gasteiger partial charge in [-0.3, -0.25) is 9.69 Å². The van der Waals surface area contributed by atoms with Crippen molar-refractivity contribution in [2.45, 2.75) is 277 Å². The van der Waals surface area contributed by atoms with Crippen molar-refractivity contribution in [2.24, 2.45) is 0 Å². The van der Waals surface area contributed by atoms with Crippen LogP contribution in [0.1, 0.15) is 260 Å². The Hall–Kier alpha value is -0.610. The van der Waals surface area contributed by atoms with E-state index in [4.69, 9.17) is 9.47 Å². The van der Waals surface area contributed by atoms with Crippen LogP contribution >= 0.6 is 0 Å². The lowest BCUT2D eigenvalue weighted by atomic mass is 9.78. The molecule has 0 aromatic heterocycles. The third kappa shape index (κ3) is 27.6. The van der Waals surface area contributed by atoms with E-state index in [2.05, 4.69) is 46.4 Å². The molecule has 0 aliphatic carbocycles. The number of ether oxygens (including phenoxy) is 2. The monoisotopic (exact) mass is 720 g/mol. The lowest BCUT2D eigenvalue weighted by Crippen LogP contribution is -2.62. The van der Waals surface area contributed by atoms with Crippen LogP contribution in [0.15, 0.2) is 0 Å². The minimum Gasteiger partial charge on any atom is -0.464 e. The maximum Gasteiger partial charge on any atom is 0.305 e. The highest BCUT2D eigenvalue weighted by atomic mass is 16.5. The number of piperidine rings is 1. The second-order valence-corrected chi connectivity index (χ2v) is 17.9. The number of carbonyl (C=O) groups is 1. The SMILES string of the molecule is CCCCCCCCCCCCCCCCCCOC1CC(C)(C)N(CCOC(=O)CCCCCCCCCCCCCCCCC)C(C)(C)C1. The summed E-state index contributed by atoms with van der Waals surface area (Å²) in [5.41, 5.74) is 0.0589. The highest BCUT2D eigenvalue weighted by Gasteiger charge is 2.45. The van der Waals surface area contributed by atoms with E-state index in [0.29, 0.717) is 19.1 Å². The summed E-state index contributed by atoms with van der Waals surface area (Å²) in [6.45, 7) is 16.2. The quantitative estimate of drug-likeness (QED) is 0.0473. The van der Waals surface area contributed by atoms with Crippen molar-refractivity contribution in [3.63, 3.8) is 0 Å². The predicted molar refractivity (Wildman–Crippen MR) is 224 cm³/mol. The second kappa shape index (κ2) is 32.8. The first kappa shape index (κ1) is 48.4. The Morgan fingerprint density at radius 2 is 0.784 bits per heavy atom. The number of hydrogen-bond acceptors (Lipinski definition) is 4.